The molecule has 0 aliphatic heterocycles. The normalized spacial score (nSPS) is 10.6. The Labute approximate surface area is 115 Å². The van der Waals surface area contributed by atoms with Gasteiger partial charge in [0.25, 0.3) is 0 Å². The van der Waals surface area contributed by atoms with Gasteiger partial charge in [0.15, 0.2) is 0 Å². The Kier molecular flexibility index (Phi) is 3.13. The minimum absolute atomic E-state index is 0.336. The molecule has 0 saturated heterocycles. The zero-order valence-corrected chi connectivity index (χ0v) is 10.7. The molecule has 1 heterocycles. The second-order valence-corrected chi connectivity index (χ2v) is 4.48. The fourth-order valence-corrected chi connectivity index (χ4v) is 2.29. The van der Waals surface area contributed by atoms with E-state index in [4.69, 9.17) is 9.84 Å². The van der Waals surface area contributed by atoms with Crippen molar-refractivity contribution in [3.8, 4) is 5.88 Å². The standard InChI is InChI=1S/C16H13NO3/c18-16(19)20-15-10-13-8-4-5-9-14(13)17(15)11-12-6-2-1-3-7-12/h1-10H,11H2,(H,18,19). The SMILES string of the molecule is O=C(O)Oc1cc2ccccc2n1Cc1ccccc1. The molecule has 0 amide bonds. The molecule has 20 heavy (non-hydrogen) atoms. The molecule has 0 atom stereocenters. The maximum atomic E-state index is 10.8. The van der Waals surface area contributed by atoms with Crippen LogP contribution in [0.2, 0.25) is 0 Å². The van der Waals surface area contributed by atoms with Crippen LogP contribution in [0.5, 0.6) is 5.88 Å². The second kappa shape index (κ2) is 5.09. The van der Waals surface area contributed by atoms with Crippen molar-refractivity contribution in [3.63, 3.8) is 0 Å². The summed E-state index contributed by atoms with van der Waals surface area (Å²) in [7, 11) is 0. The lowest BCUT2D eigenvalue weighted by atomic mass is 10.2. The first-order valence-corrected chi connectivity index (χ1v) is 6.27. The van der Waals surface area contributed by atoms with E-state index in [0.29, 0.717) is 12.4 Å². The van der Waals surface area contributed by atoms with E-state index in [1.54, 1.807) is 6.07 Å². The van der Waals surface area contributed by atoms with Crippen LogP contribution in [-0.4, -0.2) is 15.8 Å². The molecule has 3 rings (SSSR count). The van der Waals surface area contributed by atoms with Crippen LogP contribution in [0.4, 0.5) is 4.79 Å². The first kappa shape index (κ1) is 12.3. The van der Waals surface area contributed by atoms with Crippen LogP contribution in [0, 0.1) is 0 Å². The van der Waals surface area contributed by atoms with E-state index < -0.39 is 6.16 Å². The van der Waals surface area contributed by atoms with Crippen LogP contribution >= 0.6 is 0 Å². The Bertz CT molecular complexity index is 747. The van der Waals surface area contributed by atoms with E-state index in [2.05, 4.69) is 0 Å². The molecule has 0 aliphatic carbocycles. The first-order valence-electron chi connectivity index (χ1n) is 6.27. The van der Waals surface area contributed by atoms with E-state index in [9.17, 15) is 4.79 Å². The molecule has 4 nitrogen and oxygen atoms in total. The highest BCUT2D eigenvalue weighted by Gasteiger charge is 2.12. The predicted molar refractivity (Wildman–Crippen MR) is 76.1 cm³/mol. The third-order valence-electron chi connectivity index (χ3n) is 3.15. The van der Waals surface area contributed by atoms with Crippen molar-refractivity contribution in [3.05, 3.63) is 66.2 Å². The molecule has 100 valence electrons. The maximum Gasteiger partial charge on any atom is 0.512 e. The van der Waals surface area contributed by atoms with E-state index in [1.807, 2.05) is 59.2 Å². The number of benzene rings is 2. The van der Waals surface area contributed by atoms with Gasteiger partial charge in [0, 0.05) is 11.5 Å². The van der Waals surface area contributed by atoms with Gasteiger partial charge in [-0.25, -0.2) is 4.79 Å². The largest absolute Gasteiger partial charge is 0.512 e. The van der Waals surface area contributed by atoms with Crippen molar-refractivity contribution in [1.29, 1.82) is 0 Å². The van der Waals surface area contributed by atoms with Crippen molar-refractivity contribution in [2.75, 3.05) is 0 Å². The molecular weight excluding hydrogens is 254 g/mol. The highest BCUT2D eigenvalue weighted by atomic mass is 16.7. The number of para-hydroxylation sites is 1. The predicted octanol–water partition coefficient (Wildman–Crippen LogP) is 3.75. The molecule has 2 aromatic carbocycles. The number of carboxylic acid groups (broad SMARTS) is 1. The second-order valence-electron chi connectivity index (χ2n) is 4.48. The number of fused-ring (bicyclic) bond motifs is 1. The molecule has 0 fully saturated rings. The maximum absolute atomic E-state index is 10.8. The van der Waals surface area contributed by atoms with Gasteiger partial charge in [0.1, 0.15) is 0 Å². The summed E-state index contributed by atoms with van der Waals surface area (Å²) in [5.41, 5.74) is 2.04. The van der Waals surface area contributed by atoms with E-state index in [0.717, 1.165) is 16.5 Å². The van der Waals surface area contributed by atoms with Crippen LogP contribution in [0.15, 0.2) is 60.7 Å². The van der Waals surface area contributed by atoms with Gasteiger partial charge in [0.05, 0.1) is 12.1 Å². The molecule has 4 heteroatoms. The molecule has 0 saturated carbocycles. The van der Waals surface area contributed by atoms with Crippen LogP contribution in [0.1, 0.15) is 5.56 Å². The number of nitrogens with zero attached hydrogens (tertiary/aromatic N) is 1. The molecule has 0 spiro atoms. The molecule has 0 bridgehead atoms. The third-order valence-corrected chi connectivity index (χ3v) is 3.15. The summed E-state index contributed by atoms with van der Waals surface area (Å²) in [5.74, 6) is 0.336. The summed E-state index contributed by atoms with van der Waals surface area (Å²) in [6.45, 7) is 0.566. The van der Waals surface area contributed by atoms with E-state index >= 15 is 0 Å². The lowest BCUT2D eigenvalue weighted by Gasteiger charge is -2.09. The Hall–Kier alpha value is -2.75. The zero-order chi connectivity index (χ0) is 13.9. The Morgan fingerprint density at radius 2 is 1.75 bits per heavy atom. The topological polar surface area (TPSA) is 51.5 Å². The minimum atomic E-state index is -1.30. The minimum Gasteiger partial charge on any atom is -0.449 e. The van der Waals surface area contributed by atoms with Gasteiger partial charge in [0.2, 0.25) is 5.88 Å². The summed E-state index contributed by atoms with van der Waals surface area (Å²) in [6, 6.07) is 19.3. The summed E-state index contributed by atoms with van der Waals surface area (Å²) in [4.78, 5) is 10.8. The first-order chi connectivity index (χ1) is 9.74. The van der Waals surface area contributed by atoms with E-state index in [-0.39, 0.29) is 0 Å². The van der Waals surface area contributed by atoms with Crippen molar-refractivity contribution in [1.82, 2.24) is 4.57 Å². The van der Waals surface area contributed by atoms with Crippen molar-refractivity contribution >= 4 is 17.1 Å². The number of rotatable bonds is 3. The number of ether oxygens (including phenoxy) is 1. The van der Waals surface area contributed by atoms with Crippen LogP contribution in [0.25, 0.3) is 10.9 Å². The lowest BCUT2D eigenvalue weighted by molar-refractivity contribution is 0.141. The van der Waals surface area contributed by atoms with Gasteiger partial charge in [-0.3, -0.25) is 0 Å². The smallest absolute Gasteiger partial charge is 0.449 e. The Morgan fingerprint density at radius 3 is 2.50 bits per heavy atom. The van der Waals surface area contributed by atoms with Gasteiger partial charge in [-0.2, -0.15) is 0 Å². The van der Waals surface area contributed by atoms with Gasteiger partial charge < -0.3 is 14.4 Å². The monoisotopic (exact) mass is 267 g/mol. The fourth-order valence-electron chi connectivity index (χ4n) is 2.29. The van der Waals surface area contributed by atoms with Gasteiger partial charge >= 0.3 is 6.16 Å². The van der Waals surface area contributed by atoms with Crippen LogP contribution in [-0.2, 0) is 6.54 Å². The molecular formula is C16H13NO3. The van der Waals surface area contributed by atoms with Gasteiger partial charge in [-0.05, 0) is 11.6 Å². The highest BCUT2D eigenvalue weighted by molar-refractivity contribution is 5.83. The summed E-state index contributed by atoms with van der Waals surface area (Å²) in [5, 5.41) is 9.81. The van der Waals surface area contributed by atoms with Gasteiger partial charge in [-0.1, -0.05) is 48.5 Å². The van der Waals surface area contributed by atoms with Gasteiger partial charge in [-0.15, -0.1) is 0 Å². The summed E-state index contributed by atoms with van der Waals surface area (Å²) >= 11 is 0. The molecule has 0 unspecified atom stereocenters. The molecule has 0 aliphatic rings. The highest BCUT2D eigenvalue weighted by Crippen LogP contribution is 2.26. The average Bonchev–Trinajstić information content (AvgIpc) is 2.77. The van der Waals surface area contributed by atoms with Crippen molar-refractivity contribution in [2.45, 2.75) is 6.54 Å². The average molecular weight is 267 g/mol. The number of aromatic nitrogens is 1. The van der Waals surface area contributed by atoms with E-state index in [1.165, 1.54) is 0 Å². The molecule has 0 radical (unpaired) electrons. The van der Waals surface area contributed by atoms with Crippen molar-refractivity contribution < 1.29 is 14.6 Å². The van der Waals surface area contributed by atoms with Crippen molar-refractivity contribution in [2.24, 2.45) is 0 Å². The molecule has 1 aromatic heterocycles. The summed E-state index contributed by atoms with van der Waals surface area (Å²) < 4.78 is 6.74. The zero-order valence-electron chi connectivity index (χ0n) is 10.7. The van der Waals surface area contributed by atoms with Crippen LogP contribution in [0.3, 0.4) is 0 Å². The Balaban J connectivity index is 2.08. The van der Waals surface area contributed by atoms with Crippen LogP contribution < -0.4 is 4.74 Å². The quantitative estimate of drug-likeness (QED) is 0.735. The third kappa shape index (κ3) is 2.36. The lowest BCUT2D eigenvalue weighted by Crippen LogP contribution is -2.09. The number of hydrogen-bond acceptors (Lipinski definition) is 2. The molecule has 1 N–H and O–H groups in total. The number of carbonyl (C=O) groups is 1. The Morgan fingerprint density at radius 1 is 1.05 bits per heavy atom. The molecule has 3 aromatic rings. The fraction of sp³-hybridized carbons (Fsp3) is 0.0625. The summed E-state index contributed by atoms with van der Waals surface area (Å²) in [6.07, 6.45) is -1.30. The number of hydrogen-bond donors (Lipinski definition) is 1.